The molecule has 1 aliphatic rings. The summed E-state index contributed by atoms with van der Waals surface area (Å²) < 4.78 is 10.5. The molecule has 7 heteroatoms. The molecule has 0 bridgehead atoms. The summed E-state index contributed by atoms with van der Waals surface area (Å²) in [6.45, 7) is 7.37. The van der Waals surface area contributed by atoms with E-state index in [0.717, 1.165) is 12.8 Å². The fraction of sp³-hybridized carbons (Fsp3) is 0.882. The van der Waals surface area contributed by atoms with Crippen LogP contribution in [-0.4, -0.2) is 61.9 Å². The number of hydrogen-bond acceptors (Lipinski definition) is 4. The standard InChI is InChI=1S/C17H34N4O3/c1-17(2,3)24-16(22)21(12-13-23-4)11-10-19-15(18)20-14-8-6-5-7-9-14/h14H,5-13H2,1-4H3,(H3,18,19,20). The van der Waals surface area contributed by atoms with Gasteiger partial charge in [-0.3, -0.25) is 4.99 Å². The van der Waals surface area contributed by atoms with E-state index < -0.39 is 5.60 Å². The summed E-state index contributed by atoms with van der Waals surface area (Å²) >= 11 is 0. The molecule has 1 saturated carbocycles. The molecule has 1 aliphatic carbocycles. The molecule has 3 N–H and O–H groups in total. The van der Waals surface area contributed by atoms with Gasteiger partial charge in [0.05, 0.1) is 13.2 Å². The molecule has 0 radical (unpaired) electrons. The maximum Gasteiger partial charge on any atom is 0.410 e. The quantitative estimate of drug-likeness (QED) is 0.546. The second kappa shape index (κ2) is 10.4. The third-order valence-electron chi connectivity index (χ3n) is 3.83. The zero-order valence-electron chi connectivity index (χ0n) is 15.6. The number of hydrogen-bond donors (Lipinski definition) is 2. The molecular formula is C17H34N4O3. The molecule has 0 aromatic heterocycles. The number of ether oxygens (including phenoxy) is 2. The summed E-state index contributed by atoms with van der Waals surface area (Å²) in [6.07, 6.45) is 5.73. The van der Waals surface area contributed by atoms with Crippen molar-refractivity contribution in [3.8, 4) is 0 Å². The van der Waals surface area contributed by atoms with E-state index in [2.05, 4.69) is 10.3 Å². The number of nitrogens with one attached hydrogen (secondary N) is 1. The summed E-state index contributed by atoms with van der Waals surface area (Å²) in [5, 5.41) is 3.27. The molecule has 0 unspecified atom stereocenters. The van der Waals surface area contributed by atoms with Crippen LogP contribution in [0.1, 0.15) is 52.9 Å². The zero-order valence-corrected chi connectivity index (χ0v) is 15.6. The van der Waals surface area contributed by atoms with Crippen LogP contribution in [0.4, 0.5) is 4.79 Å². The lowest BCUT2D eigenvalue weighted by molar-refractivity contribution is 0.0208. The first-order valence-electron chi connectivity index (χ1n) is 8.85. The lowest BCUT2D eigenvalue weighted by Crippen LogP contribution is -2.42. The number of nitrogens with zero attached hydrogens (tertiary/aromatic N) is 2. The molecule has 140 valence electrons. The minimum absolute atomic E-state index is 0.353. The van der Waals surface area contributed by atoms with E-state index in [1.54, 1.807) is 12.0 Å². The molecule has 1 fully saturated rings. The van der Waals surface area contributed by atoms with Crippen LogP contribution in [0.2, 0.25) is 0 Å². The molecular weight excluding hydrogens is 308 g/mol. The first-order valence-corrected chi connectivity index (χ1v) is 8.85. The third-order valence-corrected chi connectivity index (χ3v) is 3.83. The van der Waals surface area contributed by atoms with Crippen LogP contribution in [0.15, 0.2) is 4.99 Å². The van der Waals surface area contributed by atoms with Crippen LogP contribution >= 0.6 is 0 Å². The Morgan fingerprint density at radius 1 is 1.25 bits per heavy atom. The predicted molar refractivity (Wildman–Crippen MR) is 96.2 cm³/mol. The van der Waals surface area contributed by atoms with Crippen molar-refractivity contribution >= 4 is 12.1 Å². The zero-order chi connectivity index (χ0) is 18.0. The second-order valence-electron chi connectivity index (χ2n) is 7.21. The van der Waals surface area contributed by atoms with Crippen molar-refractivity contribution in [2.45, 2.75) is 64.5 Å². The summed E-state index contributed by atoms with van der Waals surface area (Å²) in [4.78, 5) is 18.2. The fourth-order valence-corrected chi connectivity index (χ4v) is 2.62. The van der Waals surface area contributed by atoms with E-state index in [0.29, 0.717) is 38.2 Å². The van der Waals surface area contributed by atoms with E-state index in [9.17, 15) is 4.79 Å². The number of aliphatic imine (C=N–C) groups is 1. The van der Waals surface area contributed by atoms with Gasteiger partial charge in [-0.25, -0.2) is 4.79 Å². The fourth-order valence-electron chi connectivity index (χ4n) is 2.62. The summed E-state index contributed by atoms with van der Waals surface area (Å²) in [7, 11) is 1.61. The number of rotatable bonds is 7. The molecule has 24 heavy (non-hydrogen) atoms. The molecule has 0 spiro atoms. The Bertz CT molecular complexity index is 401. The van der Waals surface area contributed by atoms with Gasteiger partial charge in [0.25, 0.3) is 0 Å². The highest BCUT2D eigenvalue weighted by Crippen LogP contribution is 2.17. The highest BCUT2D eigenvalue weighted by Gasteiger charge is 2.21. The van der Waals surface area contributed by atoms with Gasteiger partial charge < -0.3 is 25.4 Å². The van der Waals surface area contributed by atoms with Crippen LogP contribution < -0.4 is 11.1 Å². The predicted octanol–water partition coefficient (Wildman–Crippen LogP) is 2.11. The Balaban J connectivity index is 2.44. The molecule has 0 atom stereocenters. The number of carbonyl (C=O) groups excluding carboxylic acids is 1. The first kappa shape index (κ1) is 20.5. The molecule has 7 nitrogen and oxygen atoms in total. The summed E-state index contributed by atoms with van der Waals surface area (Å²) in [6, 6.07) is 0.429. The largest absolute Gasteiger partial charge is 0.444 e. The lowest BCUT2D eigenvalue weighted by atomic mass is 9.96. The molecule has 0 aromatic carbocycles. The molecule has 1 rings (SSSR count). The molecule has 0 saturated heterocycles. The van der Waals surface area contributed by atoms with E-state index in [4.69, 9.17) is 15.2 Å². The molecule has 0 heterocycles. The third kappa shape index (κ3) is 8.96. The second-order valence-corrected chi connectivity index (χ2v) is 7.21. The Labute approximate surface area is 146 Å². The molecule has 0 aliphatic heterocycles. The highest BCUT2D eigenvalue weighted by atomic mass is 16.6. The van der Waals surface area contributed by atoms with Crippen molar-refractivity contribution in [2.75, 3.05) is 33.4 Å². The minimum atomic E-state index is -0.521. The SMILES string of the molecule is COCCN(CCN=C(N)NC1CCCCC1)C(=O)OC(C)(C)C. The van der Waals surface area contributed by atoms with Crippen LogP contribution in [0.25, 0.3) is 0 Å². The van der Waals surface area contributed by atoms with E-state index >= 15 is 0 Å². The highest BCUT2D eigenvalue weighted by molar-refractivity contribution is 5.78. The number of carbonyl (C=O) groups is 1. The Morgan fingerprint density at radius 2 is 1.92 bits per heavy atom. The van der Waals surface area contributed by atoms with Crippen molar-refractivity contribution in [3.63, 3.8) is 0 Å². The number of guanidine groups is 1. The smallest absolute Gasteiger partial charge is 0.410 e. The average molecular weight is 342 g/mol. The van der Waals surface area contributed by atoms with Crippen molar-refractivity contribution in [1.82, 2.24) is 10.2 Å². The van der Waals surface area contributed by atoms with Gasteiger partial charge in [-0.15, -0.1) is 0 Å². The lowest BCUT2D eigenvalue weighted by Gasteiger charge is -2.27. The van der Waals surface area contributed by atoms with Gasteiger partial charge in [-0.1, -0.05) is 19.3 Å². The van der Waals surface area contributed by atoms with E-state index in [1.807, 2.05) is 20.8 Å². The van der Waals surface area contributed by atoms with Crippen LogP contribution in [0.5, 0.6) is 0 Å². The van der Waals surface area contributed by atoms with Gasteiger partial charge in [0.15, 0.2) is 5.96 Å². The van der Waals surface area contributed by atoms with Crippen LogP contribution in [-0.2, 0) is 9.47 Å². The number of methoxy groups -OCH3 is 1. The van der Waals surface area contributed by atoms with Crippen LogP contribution in [0, 0.1) is 0 Å². The van der Waals surface area contributed by atoms with Crippen molar-refractivity contribution in [2.24, 2.45) is 10.7 Å². The van der Waals surface area contributed by atoms with Crippen LogP contribution in [0.3, 0.4) is 0 Å². The van der Waals surface area contributed by atoms with Crippen molar-refractivity contribution < 1.29 is 14.3 Å². The van der Waals surface area contributed by atoms with Gasteiger partial charge >= 0.3 is 6.09 Å². The van der Waals surface area contributed by atoms with Gasteiger partial charge in [0.2, 0.25) is 0 Å². The number of nitrogens with two attached hydrogens (primary N) is 1. The minimum Gasteiger partial charge on any atom is -0.444 e. The number of amides is 1. The Hall–Kier alpha value is -1.50. The summed E-state index contributed by atoms with van der Waals surface area (Å²) in [5.74, 6) is 0.456. The molecule has 1 amide bonds. The Kier molecular flexibility index (Phi) is 8.89. The van der Waals surface area contributed by atoms with E-state index in [1.165, 1.54) is 19.3 Å². The van der Waals surface area contributed by atoms with E-state index in [-0.39, 0.29) is 6.09 Å². The topological polar surface area (TPSA) is 89.2 Å². The monoisotopic (exact) mass is 342 g/mol. The normalized spacial score (nSPS) is 16.8. The average Bonchev–Trinajstić information content (AvgIpc) is 2.49. The van der Waals surface area contributed by atoms with Gasteiger partial charge in [0.1, 0.15) is 5.60 Å². The van der Waals surface area contributed by atoms with Crippen molar-refractivity contribution in [3.05, 3.63) is 0 Å². The Morgan fingerprint density at radius 3 is 2.50 bits per heavy atom. The summed E-state index contributed by atoms with van der Waals surface area (Å²) in [5.41, 5.74) is 5.43. The van der Waals surface area contributed by atoms with Crippen molar-refractivity contribution in [1.29, 1.82) is 0 Å². The maximum absolute atomic E-state index is 12.2. The maximum atomic E-state index is 12.2. The first-order chi connectivity index (χ1) is 11.3. The van der Waals surface area contributed by atoms with Gasteiger partial charge in [-0.2, -0.15) is 0 Å². The van der Waals surface area contributed by atoms with Gasteiger partial charge in [0, 0.05) is 26.2 Å². The molecule has 0 aromatic rings. The van der Waals surface area contributed by atoms with Gasteiger partial charge in [-0.05, 0) is 33.6 Å².